The van der Waals surface area contributed by atoms with Crippen molar-refractivity contribution >= 4 is 15.7 Å². The van der Waals surface area contributed by atoms with Crippen LogP contribution in [0.15, 0.2) is 36.4 Å². The Kier molecular flexibility index (Phi) is 5.39. The molecule has 0 bridgehead atoms. The summed E-state index contributed by atoms with van der Waals surface area (Å²) >= 11 is 0. The molecule has 2 heterocycles. The molecule has 2 aromatic rings. The van der Waals surface area contributed by atoms with Crippen molar-refractivity contribution in [3.8, 4) is 11.8 Å². The van der Waals surface area contributed by atoms with Crippen LogP contribution in [-0.2, 0) is 29.3 Å². The third kappa shape index (κ3) is 4.10. The van der Waals surface area contributed by atoms with E-state index in [-0.39, 0.29) is 5.60 Å². The van der Waals surface area contributed by atoms with Crippen LogP contribution in [0.2, 0.25) is 0 Å². The van der Waals surface area contributed by atoms with Gasteiger partial charge in [0.05, 0.1) is 17.9 Å². The molecule has 1 fully saturated rings. The summed E-state index contributed by atoms with van der Waals surface area (Å²) in [6.07, 6.45) is 7.11. The number of hydrogen-bond acceptors (Lipinski definition) is 5. The van der Waals surface area contributed by atoms with Crippen LogP contribution in [0.1, 0.15) is 41.5 Å². The average Bonchev–Trinajstić information content (AvgIpc) is 2.78. The molecule has 1 spiro atoms. The van der Waals surface area contributed by atoms with E-state index in [0.29, 0.717) is 17.5 Å². The molecule has 1 saturated heterocycles. The summed E-state index contributed by atoms with van der Waals surface area (Å²) in [5.74, 6) is 1.75. The number of nitriles is 1. The predicted octanol–water partition coefficient (Wildman–Crippen LogP) is 3.41. The average molecular weight is 452 g/mol. The van der Waals surface area contributed by atoms with Gasteiger partial charge in [-0.05, 0) is 105 Å². The topological polar surface area (TPSA) is 91.2 Å². The maximum absolute atomic E-state index is 11.7. The zero-order valence-corrected chi connectivity index (χ0v) is 19.2. The van der Waals surface area contributed by atoms with Gasteiger partial charge in [0.15, 0.2) is 0 Å². The number of anilines is 1. The van der Waals surface area contributed by atoms with Crippen molar-refractivity contribution in [2.75, 3.05) is 24.1 Å². The highest BCUT2D eigenvalue weighted by molar-refractivity contribution is 7.92. The lowest BCUT2D eigenvalue weighted by Gasteiger charge is -2.51. The van der Waals surface area contributed by atoms with Gasteiger partial charge in [-0.1, -0.05) is 6.07 Å². The van der Waals surface area contributed by atoms with Crippen molar-refractivity contribution in [1.29, 1.82) is 5.26 Å². The first-order valence-electron chi connectivity index (χ1n) is 11.4. The first kappa shape index (κ1) is 21.3. The zero-order valence-electron chi connectivity index (χ0n) is 18.4. The smallest absolute Gasteiger partial charge is 0.229 e. The first-order valence-corrected chi connectivity index (χ1v) is 13.3. The predicted molar refractivity (Wildman–Crippen MR) is 124 cm³/mol. The minimum absolute atomic E-state index is 0.182. The normalized spacial score (nSPS) is 24.0. The largest absolute Gasteiger partial charge is 0.487 e. The first-order chi connectivity index (χ1) is 15.4. The molecule has 0 radical (unpaired) electrons. The Morgan fingerprint density at radius 3 is 2.66 bits per heavy atom. The quantitative estimate of drug-likeness (QED) is 0.746. The lowest BCUT2D eigenvalue weighted by molar-refractivity contribution is -0.0578. The third-order valence-corrected chi connectivity index (χ3v) is 8.02. The summed E-state index contributed by atoms with van der Waals surface area (Å²) in [7, 11) is -3.33. The number of benzene rings is 2. The third-order valence-electron chi connectivity index (χ3n) is 7.41. The van der Waals surface area contributed by atoms with Crippen molar-refractivity contribution < 1.29 is 13.2 Å². The van der Waals surface area contributed by atoms with Crippen LogP contribution in [0.4, 0.5) is 5.69 Å². The Morgan fingerprint density at radius 1 is 1.09 bits per heavy atom. The Balaban J connectivity index is 1.47. The van der Waals surface area contributed by atoms with E-state index in [4.69, 9.17) is 4.74 Å². The van der Waals surface area contributed by atoms with Crippen molar-refractivity contribution in [1.82, 2.24) is 5.32 Å². The molecule has 1 aliphatic carbocycles. The van der Waals surface area contributed by atoms with Gasteiger partial charge >= 0.3 is 0 Å². The fraction of sp³-hybridized carbons (Fsp3) is 0.480. The van der Waals surface area contributed by atoms with E-state index in [9.17, 15) is 13.7 Å². The minimum Gasteiger partial charge on any atom is -0.487 e. The zero-order chi connectivity index (χ0) is 22.3. The molecule has 0 aromatic heterocycles. The van der Waals surface area contributed by atoms with Gasteiger partial charge in [0.25, 0.3) is 0 Å². The summed E-state index contributed by atoms with van der Waals surface area (Å²) in [6.45, 7) is 1.91. The molecule has 0 amide bonds. The fourth-order valence-corrected chi connectivity index (χ4v) is 6.50. The molecule has 3 aliphatic rings. The van der Waals surface area contributed by atoms with E-state index >= 15 is 0 Å². The fourth-order valence-electron chi connectivity index (χ4n) is 5.95. The van der Waals surface area contributed by atoms with Crippen LogP contribution >= 0.6 is 0 Å². The molecule has 2 atom stereocenters. The van der Waals surface area contributed by atoms with E-state index in [0.717, 1.165) is 68.5 Å². The molecular formula is C25H29N3O3S. The van der Waals surface area contributed by atoms with Crippen LogP contribution < -0.4 is 14.8 Å². The van der Waals surface area contributed by atoms with E-state index in [1.54, 1.807) is 6.07 Å². The number of rotatable bonds is 3. The van der Waals surface area contributed by atoms with Crippen LogP contribution in [0.3, 0.4) is 0 Å². The van der Waals surface area contributed by atoms with Crippen molar-refractivity contribution in [2.24, 2.45) is 11.8 Å². The van der Waals surface area contributed by atoms with Gasteiger partial charge in [0.1, 0.15) is 11.4 Å². The number of hydrogen-bond donors (Lipinski definition) is 2. The molecule has 2 unspecified atom stereocenters. The second-order valence-corrected chi connectivity index (χ2v) is 11.3. The van der Waals surface area contributed by atoms with Crippen LogP contribution in [-0.4, -0.2) is 33.4 Å². The second-order valence-electron chi connectivity index (χ2n) is 9.52. The molecular weight excluding hydrogens is 422 g/mol. The molecule has 168 valence electrons. The summed E-state index contributed by atoms with van der Waals surface area (Å²) in [6, 6.07) is 14.0. The van der Waals surface area contributed by atoms with E-state index in [1.807, 2.05) is 24.3 Å². The van der Waals surface area contributed by atoms with E-state index in [1.165, 1.54) is 17.4 Å². The highest BCUT2D eigenvalue weighted by Gasteiger charge is 2.49. The summed E-state index contributed by atoms with van der Waals surface area (Å²) in [4.78, 5) is 0. The van der Waals surface area contributed by atoms with Gasteiger partial charge in [-0.3, -0.25) is 4.72 Å². The summed E-state index contributed by atoms with van der Waals surface area (Å²) < 4.78 is 32.8. The number of ether oxygens (including phenoxy) is 1. The van der Waals surface area contributed by atoms with Gasteiger partial charge in [0, 0.05) is 11.6 Å². The van der Waals surface area contributed by atoms with Crippen LogP contribution in [0.5, 0.6) is 5.75 Å². The molecule has 7 heteroatoms. The Bertz CT molecular complexity index is 1180. The lowest BCUT2D eigenvalue weighted by atomic mass is 9.64. The SMILES string of the molecule is CS(=O)(=O)Nc1ccc2c(c1)CC(C1CCc3cc(C#N)ccc3C1)C1(CCNCC1)O2. The number of sulfonamides is 1. The molecule has 0 saturated carbocycles. The van der Waals surface area contributed by atoms with Gasteiger partial charge in [-0.2, -0.15) is 5.26 Å². The molecule has 5 rings (SSSR count). The molecule has 6 nitrogen and oxygen atoms in total. The highest BCUT2D eigenvalue weighted by Crippen LogP contribution is 2.48. The van der Waals surface area contributed by atoms with Gasteiger partial charge < -0.3 is 10.1 Å². The number of nitrogens with zero attached hydrogens (tertiary/aromatic N) is 1. The molecule has 2 aliphatic heterocycles. The molecule has 2 aromatic carbocycles. The second kappa shape index (κ2) is 8.09. The number of fused-ring (bicyclic) bond motifs is 2. The maximum atomic E-state index is 11.7. The van der Waals surface area contributed by atoms with Crippen LogP contribution in [0.25, 0.3) is 0 Å². The number of nitrogens with one attached hydrogen (secondary N) is 2. The van der Waals surface area contributed by atoms with E-state index in [2.05, 4.69) is 22.2 Å². The number of piperidine rings is 1. The van der Waals surface area contributed by atoms with Gasteiger partial charge in [0.2, 0.25) is 10.0 Å². The summed E-state index contributed by atoms with van der Waals surface area (Å²) in [5.41, 5.74) is 4.88. The van der Waals surface area contributed by atoms with Crippen LogP contribution in [0, 0.1) is 23.2 Å². The maximum Gasteiger partial charge on any atom is 0.229 e. The summed E-state index contributed by atoms with van der Waals surface area (Å²) in [5, 5.41) is 12.7. The Hall–Kier alpha value is -2.56. The van der Waals surface area contributed by atoms with Crippen molar-refractivity contribution in [2.45, 2.75) is 44.1 Å². The Morgan fingerprint density at radius 2 is 1.91 bits per heavy atom. The lowest BCUT2D eigenvalue weighted by Crippen LogP contribution is -2.56. The standard InChI is InChI=1S/C25H29N3O3S/c1-32(29,30)28-22-6-7-24-21(14-22)15-23(25(31-24)8-10-27-11-9-25)20-5-4-18-12-17(16-26)2-3-19(18)13-20/h2-3,6-7,12,14,20,23,27-28H,4-5,8-11,13,15H2,1H3. The van der Waals surface area contributed by atoms with Crippen molar-refractivity contribution in [3.63, 3.8) is 0 Å². The molecule has 32 heavy (non-hydrogen) atoms. The Labute approximate surface area is 190 Å². The van der Waals surface area contributed by atoms with E-state index < -0.39 is 10.0 Å². The monoisotopic (exact) mass is 451 g/mol. The van der Waals surface area contributed by atoms with Gasteiger partial charge in [-0.25, -0.2) is 8.42 Å². The minimum atomic E-state index is -3.33. The number of aryl methyl sites for hydroxylation is 1. The van der Waals surface area contributed by atoms with Gasteiger partial charge in [-0.15, -0.1) is 0 Å². The van der Waals surface area contributed by atoms with Crippen molar-refractivity contribution in [3.05, 3.63) is 58.7 Å². The highest BCUT2D eigenvalue weighted by atomic mass is 32.2. The molecule has 2 N–H and O–H groups in total.